The number of cyclic esters (lactones) is 1. The van der Waals surface area contributed by atoms with Crippen molar-refractivity contribution in [3.63, 3.8) is 0 Å². The Hall–Kier alpha value is -3.73. The number of nitrogens with zero attached hydrogens (tertiary/aromatic N) is 1. The van der Waals surface area contributed by atoms with Crippen molar-refractivity contribution in [1.29, 1.82) is 0 Å². The molecule has 1 aliphatic heterocycles. The number of aliphatic hydroxyl groups excluding tert-OH is 1. The molecule has 0 radical (unpaired) electrons. The van der Waals surface area contributed by atoms with Crippen LogP contribution in [0.25, 0.3) is 0 Å². The molecule has 2 N–H and O–H groups in total. The Morgan fingerprint density at radius 1 is 0.871 bits per heavy atom. The summed E-state index contributed by atoms with van der Waals surface area (Å²) >= 11 is 0. The summed E-state index contributed by atoms with van der Waals surface area (Å²) in [6, 6.07) is 25.9. The second kappa shape index (κ2) is 8.56. The van der Waals surface area contributed by atoms with Crippen LogP contribution in [0, 0.1) is 0 Å². The van der Waals surface area contributed by atoms with E-state index in [9.17, 15) is 15.0 Å². The van der Waals surface area contributed by atoms with E-state index in [1.165, 1.54) is 0 Å². The Morgan fingerprint density at radius 2 is 1.42 bits per heavy atom. The maximum absolute atomic E-state index is 13.1. The predicted molar refractivity (Wildman–Crippen MR) is 120 cm³/mol. The summed E-state index contributed by atoms with van der Waals surface area (Å²) in [5, 5.41) is 20.5. The van der Waals surface area contributed by atoms with Gasteiger partial charge in [0.25, 0.3) is 0 Å². The molecule has 0 aromatic heterocycles. The average Bonchev–Trinajstić information content (AvgIpc) is 2.77. The lowest BCUT2D eigenvalue weighted by Crippen LogP contribution is -2.41. The van der Waals surface area contributed by atoms with Crippen LogP contribution in [0.2, 0.25) is 0 Å². The summed E-state index contributed by atoms with van der Waals surface area (Å²) in [6.45, 7) is 1.84. The fraction of sp³-hybridized carbons (Fsp3) is 0.192. The summed E-state index contributed by atoms with van der Waals surface area (Å²) in [5.41, 5.74) is 1.88. The monoisotopic (exact) mass is 415 g/mol. The standard InChI is InChI=1S/C26H25NO4/c1-26(17-16-19-12-14-22(28)15-13-19)18-23(29)24(25(30)31-26)27(20-8-4-2-5-9-20)21-10-6-3-7-11-21/h2-15,28-29H,16-18H2,1H3. The van der Waals surface area contributed by atoms with Crippen molar-refractivity contribution in [3.8, 4) is 5.75 Å². The summed E-state index contributed by atoms with van der Waals surface area (Å²) in [7, 11) is 0. The molecule has 0 amide bonds. The first-order chi connectivity index (χ1) is 15.0. The molecule has 1 aliphatic rings. The minimum Gasteiger partial charge on any atom is -0.510 e. The van der Waals surface area contributed by atoms with Crippen molar-refractivity contribution < 1.29 is 19.7 Å². The molecule has 3 aromatic rings. The fourth-order valence-corrected chi connectivity index (χ4v) is 3.86. The van der Waals surface area contributed by atoms with Gasteiger partial charge in [0.15, 0.2) is 5.70 Å². The molecule has 0 bridgehead atoms. The summed E-state index contributed by atoms with van der Waals surface area (Å²) in [5.74, 6) is -0.326. The Balaban J connectivity index is 1.63. The van der Waals surface area contributed by atoms with Crippen molar-refractivity contribution in [2.24, 2.45) is 0 Å². The Morgan fingerprint density at radius 3 is 1.94 bits per heavy atom. The van der Waals surface area contributed by atoms with Crippen molar-refractivity contribution >= 4 is 17.3 Å². The summed E-state index contributed by atoms with van der Waals surface area (Å²) < 4.78 is 5.88. The summed E-state index contributed by atoms with van der Waals surface area (Å²) in [6.07, 6.45) is 1.44. The molecule has 4 rings (SSSR count). The lowest BCUT2D eigenvalue weighted by Gasteiger charge is -2.37. The highest BCUT2D eigenvalue weighted by Gasteiger charge is 2.40. The number of ether oxygens (including phenoxy) is 1. The number of aliphatic hydroxyl groups is 1. The summed E-state index contributed by atoms with van der Waals surface area (Å²) in [4.78, 5) is 14.9. The van der Waals surface area contributed by atoms with Crippen LogP contribution >= 0.6 is 0 Å². The molecule has 1 atom stereocenters. The van der Waals surface area contributed by atoms with Crippen LogP contribution in [0.15, 0.2) is 96.4 Å². The van der Waals surface area contributed by atoms with Crippen molar-refractivity contribution in [2.45, 2.75) is 31.8 Å². The molecule has 0 aliphatic carbocycles. The first-order valence-electron chi connectivity index (χ1n) is 10.3. The van der Waals surface area contributed by atoms with E-state index >= 15 is 0 Å². The molecule has 1 heterocycles. The topological polar surface area (TPSA) is 70.0 Å². The number of phenolic OH excluding ortho intramolecular Hbond substituents is 1. The van der Waals surface area contributed by atoms with Gasteiger partial charge in [0, 0.05) is 17.8 Å². The zero-order chi connectivity index (χ0) is 21.8. The Labute approximate surface area is 181 Å². The van der Waals surface area contributed by atoms with Crippen LogP contribution in [-0.4, -0.2) is 21.8 Å². The van der Waals surface area contributed by atoms with E-state index in [1.54, 1.807) is 17.0 Å². The van der Waals surface area contributed by atoms with E-state index in [2.05, 4.69) is 0 Å². The highest BCUT2D eigenvalue weighted by molar-refractivity contribution is 5.97. The van der Waals surface area contributed by atoms with Gasteiger partial charge in [-0.15, -0.1) is 0 Å². The first kappa shape index (κ1) is 20.5. The van der Waals surface area contributed by atoms with Crippen LogP contribution in [0.5, 0.6) is 5.75 Å². The number of hydrogen-bond donors (Lipinski definition) is 2. The molecule has 31 heavy (non-hydrogen) atoms. The highest BCUT2D eigenvalue weighted by Crippen LogP contribution is 2.38. The molecular formula is C26H25NO4. The minimum atomic E-state index is -0.818. The lowest BCUT2D eigenvalue weighted by atomic mass is 9.90. The first-order valence-corrected chi connectivity index (χ1v) is 10.3. The number of para-hydroxylation sites is 2. The van der Waals surface area contributed by atoms with Gasteiger partial charge in [-0.3, -0.25) is 0 Å². The zero-order valence-electron chi connectivity index (χ0n) is 17.4. The lowest BCUT2D eigenvalue weighted by molar-refractivity contribution is -0.157. The number of anilines is 2. The third-order valence-electron chi connectivity index (χ3n) is 5.48. The molecule has 0 saturated carbocycles. The second-order valence-corrected chi connectivity index (χ2v) is 7.98. The molecule has 5 nitrogen and oxygen atoms in total. The van der Waals surface area contributed by atoms with E-state index in [0.29, 0.717) is 12.8 Å². The van der Waals surface area contributed by atoms with Gasteiger partial charge in [0.05, 0.1) is 0 Å². The normalized spacial score (nSPS) is 18.5. The molecule has 0 saturated heterocycles. The molecule has 0 fully saturated rings. The highest BCUT2D eigenvalue weighted by atomic mass is 16.6. The van der Waals surface area contributed by atoms with E-state index in [0.717, 1.165) is 16.9 Å². The SMILES string of the molecule is CC1(CCc2ccc(O)cc2)CC(O)=C(N(c2ccccc2)c2ccccc2)C(=O)O1. The molecule has 1 unspecified atom stereocenters. The van der Waals surface area contributed by atoms with Gasteiger partial charge in [-0.1, -0.05) is 48.5 Å². The third kappa shape index (κ3) is 4.56. The van der Waals surface area contributed by atoms with E-state index in [4.69, 9.17) is 4.74 Å². The van der Waals surface area contributed by atoms with Crippen LogP contribution in [-0.2, 0) is 16.0 Å². The van der Waals surface area contributed by atoms with E-state index in [-0.39, 0.29) is 23.6 Å². The zero-order valence-corrected chi connectivity index (χ0v) is 17.4. The number of aryl methyl sites for hydroxylation is 1. The van der Waals surface area contributed by atoms with Crippen LogP contribution < -0.4 is 4.90 Å². The van der Waals surface area contributed by atoms with E-state index in [1.807, 2.05) is 79.7 Å². The number of esters is 1. The number of aromatic hydroxyl groups is 1. The number of hydrogen-bond acceptors (Lipinski definition) is 5. The number of carbonyl (C=O) groups excluding carboxylic acids is 1. The maximum atomic E-state index is 13.1. The second-order valence-electron chi connectivity index (χ2n) is 7.98. The van der Waals surface area contributed by atoms with Crippen molar-refractivity contribution in [3.05, 3.63) is 102 Å². The van der Waals surface area contributed by atoms with Crippen molar-refractivity contribution in [2.75, 3.05) is 4.90 Å². The number of carbonyl (C=O) groups is 1. The fourth-order valence-electron chi connectivity index (χ4n) is 3.86. The molecule has 3 aromatic carbocycles. The molecule has 5 heteroatoms. The van der Waals surface area contributed by atoms with Gasteiger partial charge in [0.1, 0.15) is 17.1 Å². The van der Waals surface area contributed by atoms with Crippen LogP contribution in [0.4, 0.5) is 11.4 Å². The molecule has 158 valence electrons. The van der Waals surface area contributed by atoms with Crippen LogP contribution in [0.1, 0.15) is 25.3 Å². The number of phenols is 1. The van der Waals surface area contributed by atoms with Crippen LogP contribution in [0.3, 0.4) is 0 Å². The van der Waals surface area contributed by atoms with Gasteiger partial charge >= 0.3 is 5.97 Å². The Kier molecular flexibility index (Phi) is 5.67. The molecule has 0 spiro atoms. The minimum absolute atomic E-state index is 0.0113. The smallest absolute Gasteiger partial charge is 0.359 e. The van der Waals surface area contributed by atoms with Gasteiger partial charge in [-0.05, 0) is 61.7 Å². The average molecular weight is 415 g/mol. The quantitative estimate of drug-likeness (QED) is 0.510. The number of benzene rings is 3. The number of rotatable bonds is 6. The van der Waals surface area contributed by atoms with Gasteiger partial charge in [-0.25, -0.2) is 4.79 Å². The van der Waals surface area contributed by atoms with Gasteiger partial charge < -0.3 is 19.8 Å². The van der Waals surface area contributed by atoms with Gasteiger partial charge in [0.2, 0.25) is 0 Å². The predicted octanol–water partition coefficient (Wildman–Crippen LogP) is 5.64. The molecular weight excluding hydrogens is 390 g/mol. The van der Waals surface area contributed by atoms with Crippen molar-refractivity contribution in [1.82, 2.24) is 0 Å². The van der Waals surface area contributed by atoms with E-state index < -0.39 is 11.6 Å². The largest absolute Gasteiger partial charge is 0.510 e. The third-order valence-corrected chi connectivity index (χ3v) is 5.48. The Bertz CT molecular complexity index is 1040. The van der Waals surface area contributed by atoms with Gasteiger partial charge in [-0.2, -0.15) is 0 Å². The maximum Gasteiger partial charge on any atom is 0.359 e.